The molecule has 1 aromatic carbocycles. The molecule has 2 rings (SSSR count). The first-order valence-electron chi connectivity index (χ1n) is 7.83. The molecule has 1 aromatic heterocycles. The molecule has 0 saturated heterocycles. The largest absolute Gasteiger partial charge is 0.309 e. The fraction of sp³-hybridized carbons (Fsp3) is 0.500. The SMILES string of the molecule is CC(C)CCc1nc(CNC(C)C)c(-c2ccccc2)s1. The van der Waals surface area contributed by atoms with Crippen LogP contribution >= 0.6 is 11.3 Å². The summed E-state index contributed by atoms with van der Waals surface area (Å²) in [6.45, 7) is 9.74. The Balaban J connectivity index is 2.23. The van der Waals surface area contributed by atoms with Gasteiger partial charge in [-0.2, -0.15) is 0 Å². The second kappa shape index (κ2) is 7.71. The third kappa shape index (κ3) is 4.94. The Morgan fingerprint density at radius 1 is 1.10 bits per heavy atom. The van der Waals surface area contributed by atoms with Crippen LogP contribution in [0.2, 0.25) is 0 Å². The number of nitrogens with one attached hydrogen (secondary N) is 1. The van der Waals surface area contributed by atoms with Gasteiger partial charge in [0.2, 0.25) is 0 Å². The third-order valence-electron chi connectivity index (χ3n) is 3.39. The van der Waals surface area contributed by atoms with Gasteiger partial charge in [0.05, 0.1) is 15.6 Å². The number of rotatable bonds is 7. The zero-order valence-electron chi connectivity index (χ0n) is 13.5. The molecule has 0 bridgehead atoms. The van der Waals surface area contributed by atoms with Crippen molar-refractivity contribution >= 4 is 11.3 Å². The van der Waals surface area contributed by atoms with E-state index in [-0.39, 0.29) is 0 Å². The molecular weight excluding hydrogens is 276 g/mol. The van der Waals surface area contributed by atoms with Gasteiger partial charge < -0.3 is 5.32 Å². The maximum atomic E-state index is 4.89. The Bertz CT molecular complexity index is 544. The fourth-order valence-corrected chi connectivity index (χ4v) is 3.26. The summed E-state index contributed by atoms with van der Waals surface area (Å²) in [7, 11) is 0. The molecule has 114 valence electrons. The smallest absolute Gasteiger partial charge is 0.0935 e. The quantitative estimate of drug-likeness (QED) is 0.787. The summed E-state index contributed by atoms with van der Waals surface area (Å²) in [5.41, 5.74) is 2.48. The lowest BCUT2D eigenvalue weighted by Crippen LogP contribution is -2.22. The first-order valence-corrected chi connectivity index (χ1v) is 8.65. The average Bonchev–Trinajstić information content (AvgIpc) is 2.87. The maximum absolute atomic E-state index is 4.89. The Morgan fingerprint density at radius 2 is 1.81 bits per heavy atom. The van der Waals surface area contributed by atoms with Gasteiger partial charge in [0.1, 0.15) is 0 Å². The predicted octanol–water partition coefficient (Wildman–Crippen LogP) is 4.90. The lowest BCUT2D eigenvalue weighted by atomic mass is 10.1. The molecule has 1 heterocycles. The molecule has 0 radical (unpaired) electrons. The van der Waals surface area contributed by atoms with Crippen molar-refractivity contribution in [1.29, 1.82) is 0 Å². The van der Waals surface area contributed by atoms with Crippen LogP contribution < -0.4 is 5.32 Å². The lowest BCUT2D eigenvalue weighted by Gasteiger charge is -2.07. The molecule has 2 nitrogen and oxygen atoms in total. The molecule has 0 aliphatic heterocycles. The molecular formula is C18H26N2S. The van der Waals surface area contributed by atoms with Gasteiger partial charge in [0, 0.05) is 12.6 Å². The van der Waals surface area contributed by atoms with E-state index in [4.69, 9.17) is 4.98 Å². The van der Waals surface area contributed by atoms with E-state index in [9.17, 15) is 0 Å². The van der Waals surface area contributed by atoms with E-state index < -0.39 is 0 Å². The molecule has 0 spiro atoms. The predicted molar refractivity (Wildman–Crippen MR) is 92.7 cm³/mol. The van der Waals surface area contributed by atoms with Gasteiger partial charge in [-0.3, -0.25) is 0 Å². The summed E-state index contributed by atoms with van der Waals surface area (Å²) >= 11 is 1.86. The molecule has 1 N–H and O–H groups in total. The van der Waals surface area contributed by atoms with Crippen LogP contribution in [0.1, 0.15) is 44.8 Å². The van der Waals surface area contributed by atoms with Crippen molar-refractivity contribution in [2.75, 3.05) is 0 Å². The Hall–Kier alpha value is -1.19. The van der Waals surface area contributed by atoms with Gasteiger partial charge in [-0.05, 0) is 24.3 Å². The maximum Gasteiger partial charge on any atom is 0.0935 e. The van der Waals surface area contributed by atoms with Crippen LogP contribution in [-0.2, 0) is 13.0 Å². The first kappa shape index (κ1) is 16.2. The Labute approximate surface area is 132 Å². The van der Waals surface area contributed by atoms with E-state index in [0.29, 0.717) is 6.04 Å². The Morgan fingerprint density at radius 3 is 2.43 bits per heavy atom. The van der Waals surface area contributed by atoms with Crippen LogP contribution in [0.3, 0.4) is 0 Å². The monoisotopic (exact) mass is 302 g/mol. The highest BCUT2D eigenvalue weighted by Crippen LogP contribution is 2.31. The van der Waals surface area contributed by atoms with Crippen molar-refractivity contribution in [1.82, 2.24) is 10.3 Å². The van der Waals surface area contributed by atoms with Crippen LogP contribution in [-0.4, -0.2) is 11.0 Å². The topological polar surface area (TPSA) is 24.9 Å². The normalized spacial score (nSPS) is 11.5. The summed E-state index contributed by atoms with van der Waals surface area (Å²) in [4.78, 5) is 6.21. The average molecular weight is 302 g/mol. The number of aryl methyl sites for hydroxylation is 1. The molecule has 0 saturated carbocycles. The summed E-state index contributed by atoms with van der Waals surface area (Å²) in [5, 5.41) is 4.76. The molecule has 0 fully saturated rings. The zero-order chi connectivity index (χ0) is 15.2. The van der Waals surface area contributed by atoms with E-state index in [2.05, 4.69) is 63.3 Å². The molecule has 0 aliphatic rings. The molecule has 21 heavy (non-hydrogen) atoms. The highest BCUT2D eigenvalue weighted by atomic mass is 32.1. The second-order valence-corrected chi connectivity index (χ2v) is 7.30. The standard InChI is InChI=1S/C18H26N2S/c1-13(2)10-11-17-20-16(12-19-14(3)4)18(21-17)15-8-6-5-7-9-15/h5-9,13-14,19H,10-12H2,1-4H3. The van der Waals surface area contributed by atoms with E-state index in [1.807, 2.05) is 11.3 Å². The van der Waals surface area contributed by atoms with Gasteiger partial charge in [0.15, 0.2) is 0 Å². The number of benzene rings is 1. The van der Waals surface area contributed by atoms with E-state index in [1.165, 1.54) is 27.6 Å². The van der Waals surface area contributed by atoms with Crippen LogP contribution in [0.25, 0.3) is 10.4 Å². The molecule has 0 atom stereocenters. The number of hydrogen-bond donors (Lipinski definition) is 1. The second-order valence-electron chi connectivity index (χ2n) is 6.22. The molecule has 2 aromatic rings. The summed E-state index contributed by atoms with van der Waals surface area (Å²) in [6.07, 6.45) is 2.29. The van der Waals surface area contributed by atoms with Crippen LogP contribution in [0.5, 0.6) is 0 Å². The van der Waals surface area contributed by atoms with Crippen molar-refractivity contribution in [2.45, 2.75) is 53.1 Å². The summed E-state index contributed by atoms with van der Waals surface area (Å²) in [6, 6.07) is 11.1. The Kier molecular flexibility index (Phi) is 5.95. The van der Waals surface area contributed by atoms with Crippen LogP contribution in [0, 0.1) is 5.92 Å². The van der Waals surface area contributed by atoms with Crippen molar-refractivity contribution in [3.8, 4) is 10.4 Å². The minimum absolute atomic E-state index is 0.481. The van der Waals surface area contributed by atoms with Crippen molar-refractivity contribution in [3.63, 3.8) is 0 Å². The van der Waals surface area contributed by atoms with Crippen LogP contribution in [0.15, 0.2) is 30.3 Å². The molecule has 0 unspecified atom stereocenters. The van der Waals surface area contributed by atoms with Gasteiger partial charge in [-0.1, -0.05) is 58.0 Å². The van der Waals surface area contributed by atoms with Gasteiger partial charge in [-0.25, -0.2) is 4.98 Å². The fourth-order valence-electron chi connectivity index (χ4n) is 2.16. The lowest BCUT2D eigenvalue weighted by molar-refractivity contribution is 0.574. The minimum atomic E-state index is 0.481. The van der Waals surface area contributed by atoms with E-state index in [0.717, 1.165) is 18.9 Å². The molecule has 3 heteroatoms. The van der Waals surface area contributed by atoms with Crippen LogP contribution in [0.4, 0.5) is 0 Å². The summed E-state index contributed by atoms with van der Waals surface area (Å²) < 4.78 is 0. The highest BCUT2D eigenvalue weighted by Gasteiger charge is 2.13. The molecule has 0 amide bonds. The minimum Gasteiger partial charge on any atom is -0.309 e. The van der Waals surface area contributed by atoms with Gasteiger partial charge in [0.25, 0.3) is 0 Å². The molecule has 0 aliphatic carbocycles. The number of hydrogen-bond acceptors (Lipinski definition) is 3. The van der Waals surface area contributed by atoms with E-state index >= 15 is 0 Å². The van der Waals surface area contributed by atoms with E-state index in [1.54, 1.807) is 0 Å². The van der Waals surface area contributed by atoms with Gasteiger partial charge in [-0.15, -0.1) is 11.3 Å². The van der Waals surface area contributed by atoms with Gasteiger partial charge >= 0.3 is 0 Å². The summed E-state index contributed by atoms with van der Waals surface area (Å²) in [5.74, 6) is 0.728. The number of thiazole rings is 1. The first-order chi connectivity index (χ1) is 10.1. The van der Waals surface area contributed by atoms with Crippen molar-refractivity contribution < 1.29 is 0 Å². The van der Waals surface area contributed by atoms with Crippen molar-refractivity contribution in [2.24, 2.45) is 5.92 Å². The van der Waals surface area contributed by atoms with Crippen molar-refractivity contribution in [3.05, 3.63) is 41.0 Å². The third-order valence-corrected chi connectivity index (χ3v) is 4.60. The zero-order valence-corrected chi connectivity index (χ0v) is 14.3. The number of nitrogens with zero attached hydrogens (tertiary/aromatic N) is 1. The highest BCUT2D eigenvalue weighted by molar-refractivity contribution is 7.15. The number of aromatic nitrogens is 1.